The molecule has 1 saturated heterocycles. The van der Waals surface area contributed by atoms with Gasteiger partial charge in [-0.3, -0.25) is 10.1 Å². The molecule has 1 aromatic carbocycles. The molecule has 0 radical (unpaired) electrons. The zero-order valence-electron chi connectivity index (χ0n) is 7.79. The number of nitrogens with one attached hydrogen (secondary N) is 2. The van der Waals surface area contributed by atoms with E-state index in [0.717, 1.165) is 10.0 Å². The lowest BCUT2D eigenvalue weighted by atomic mass is 10.1. The molecule has 3 amide bonds. The summed E-state index contributed by atoms with van der Waals surface area (Å²) in [4.78, 5) is 22.1. The maximum absolute atomic E-state index is 11.3. The van der Waals surface area contributed by atoms with Gasteiger partial charge in [-0.2, -0.15) is 0 Å². The van der Waals surface area contributed by atoms with Gasteiger partial charge in [-0.05, 0) is 17.7 Å². The highest BCUT2D eigenvalue weighted by atomic mass is 79.9. The summed E-state index contributed by atoms with van der Waals surface area (Å²) in [5.74, 6) is -0.261. The van der Waals surface area contributed by atoms with Crippen LogP contribution in [0.1, 0.15) is 5.56 Å². The molecule has 4 nitrogen and oxygen atoms in total. The lowest BCUT2D eigenvalue weighted by molar-refractivity contribution is -0.120. The summed E-state index contributed by atoms with van der Waals surface area (Å²) in [5.41, 5.74) is 1.01. The first-order valence-electron chi connectivity index (χ1n) is 4.51. The second-order valence-electron chi connectivity index (χ2n) is 3.35. The Balaban J connectivity index is 2.06. The van der Waals surface area contributed by atoms with Gasteiger partial charge in [0.05, 0.1) is 0 Å². The molecule has 5 heteroatoms. The number of carbonyl (C=O) groups is 2. The summed E-state index contributed by atoms with van der Waals surface area (Å²) < 4.78 is 0.992. The fraction of sp³-hybridized carbons (Fsp3) is 0.200. The summed E-state index contributed by atoms with van der Waals surface area (Å²) >= 11 is 3.33. The fourth-order valence-corrected chi connectivity index (χ4v) is 1.72. The van der Waals surface area contributed by atoms with Crippen LogP contribution < -0.4 is 10.6 Å². The topological polar surface area (TPSA) is 58.2 Å². The molecular weight excluding hydrogens is 260 g/mol. The van der Waals surface area contributed by atoms with E-state index < -0.39 is 12.1 Å². The molecule has 78 valence electrons. The molecule has 1 aromatic rings. The molecule has 2 rings (SSSR count). The molecule has 0 aliphatic carbocycles. The van der Waals surface area contributed by atoms with E-state index in [1.807, 2.05) is 24.3 Å². The van der Waals surface area contributed by atoms with Gasteiger partial charge in [-0.25, -0.2) is 4.79 Å². The van der Waals surface area contributed by atoms with Gasteiger partial charge in [0, 0.05) is 10.9 Å². The van der Waals surface area contributed by atoms with Gasteiger partial charge in [0.1, 0.15) is 6.04 Å². The molecule has 1 fully saturated rings. The maximum Gasteiger partial charge on any atom is 0.322 e. The first-order chi connectivity index (χ1) is 7.15. The number of amides is 3. The molecule has 0 aromatic heterocycles. The van der Waals surface area contributed by atoms with Crippen molar-refractivity contribution in [3.8, 4) is 0 Å². The second kappa shape index (κ2) is 4.02. The van der Waals surface area contributed by atoms with Crippen LogP contribution in [0.4, 0.5) is 4.79 Å². The van der Waals surface area contributed by atoms with Crippen LogP contribution in [-0.4, -0.2) is 18.0 Å². The monoisotopic (exact) mass is 268 g/mol. The Morgan fingerprint density at radius 2 is 1.87 bits per heavy atom. The minimum atomic E-state index is -0.446. The standard InChI is InChI=1S/C10H9BrN2O2/c11-7-3-1-6(2-4-7)5-8-9(14)13-10(15)12-8/h1-4,8H,5H2,(H2,12,13,14,15). The quantitative estimate of drug-likeness (QED) is 0.792. The van der Waals surface area contributed by atoms with Crippen molar-refractivity contribution in [1.29, 1.82) is 0 Å². The summed E-state index contributed by atoms with van der Waals surface area (Å²) in [5, 5.41) is 4.76. The van der Waals surface area contributed by atoms with Crippen LogP contribution in [0.2, 0.25) is 0 Å². The molecule has 0 bridgehead atoms. The third-order valence-corrected chi connectivity index (χ3v) is 2.74. The fourth-order valence-electron chi connectivity index (χ4n) is 1.46. The first kappa shape index (κ1) is 10.2. The second-order valence-corrected chi connectivity index (χ2v) is 4.26. The average Bonchev–Trinajstić information content (AvgIpc) is 2.49. The molecule has 2 N–H and O–H groups in total. The van der Waals surface area contributed by atoms with Gasteiger partial charge >= 0.3 is 6.03 Å². The molecule has 0 saturated carbocycles. The summed E-state index contributed by atoms with van der Waals surface area (Å²) in [6.45, 7) is 0. The highest BCUT2D eigenvalue weighted by Gasteiger charge is 2.29. The average molecular weight is 269 g/mol. The van der Waals surface area contributed by atoms with Crippen molar-refractivity contribution in [2.24, 2.45) is 0 Å². The lowest BCUT2D eigenvalue weighted by Gasteiger charge is -2.06. The van der Waals surface area contributed by atoms with Gasteiger partial charge in [-0.15, -0.1) is 0 Å². The van der Waals surface area contributed by atoms with Crippen LogP contribution in [0.25, 0.3) is 0 Å². The molecule has 15 heavy (non-hydrogen) atoms. The summed E-state index contributed by atoms with van der Waals surface area (Å²) in [6, 6.07) is 6.79. The van der Waals surface area contributed by atoms with Gasteiger partial charge in [-0.1, -0.05) is 28.1 Å². The SMILES string of the molecule is O=C1NC(=O)C(Cc2ccc(Br)cc2)N1. The normalized spacial score (nSPS) is 19.9. The molecular formula is C10H9BrN2O2. The highest BCUT2D eigenvalue weighted by Crippen LogP contribution is 2.12. The number of benzene rings is 1. The summed E-state index contributed by atoms with van der Waals surface area (Å²) in [7, 11) is 0. The Labute approximate surface area is 95.2 Å². The van der Waals surface area contributed by atoms with E-state index in [9.17, 15) is 9.59 Å². The van der Waals surface area contributed by atoms with Crippen LogP contribution >= 0.6 is 15.9 Å². The van der Waals surface area contributed by atoms with Crippen LogP contribution in [0.5, 0.6) is 0 Å². The number of hydrogen-bond donors (Lipinski definition) is 2. The Morgan fingerprint density at radius 3 is 2.40 bits per heavy atom. The van der Waals surface area contributed by atoms with E-state index >= 15 is 0 Å². The predicted molar refractivity (Wildman–Crippen MR) is 58.3 cm³/mol. The number of urea groups is 1. The van der Waals surface area contributed by atoms with E-state index in [1.54, 1.807) is 0 Å². The Hall–Kier alpha value is -1.36. The lowest BCUT2D eigenvalue weighted by Crippen LogP contribution is -2.30. The number of imide groups is 1. The van der Waals surface area contributed by atoms with Gasteiger partial charge in [0.15, 0.2) is 0 Å². The third kappa shape index (κ3) is 2.36. The van der Waals surface area contributed by atoms with E-state index in [1.165, 1.54) is 0 Å². The summed E-state index contributed by atoms with van der Waals surface area (Å²) in [6.07, 6.45) is 0.519. The number of halogens is 1. The van der Waals surface area contributed by atoms with Crippen molar-refractivity contribution in [2.45, 2.75) is 12.5 Å². The number of hydrogen-bond acceptors (Lipinski definition) is 2. The zero-order chi connectivity index (χ0) is 10.8. The van der Waals surface area contributed by atoms with E-state index in [4.69, 9.17) is 0 Å². The smallest absolute Gasteiger partial charge is 0.322 e. The van der Waals surface area contributed by atoms with Crippen molar-refractivity contribution >= 4 is 27.9 Å². The van der Waals surface area contributed by atoms with Crippen molar-refractivity contribution in [1.82, 2.24) is 10.6 Å². The van der Waals surface area contributed by atoms with E-state index in [0.29, 0.717) is 6.42 Å². The van der Waals surface area contributed by atoms with Crippen molar-refractivity contribution < 1.29 is 9.59 Å². The zero-order valence-corrected chi connectivity index (χ0v) is 9.37. The van der Waals surface area contributed by atoms with Crippen LogP contribution in [0, 0.1) is 0 Å². The Morgan fingerprint density at radius 1 is 1.20 bits per heavy atom. The Bertz CT molecular complexity index is 402. The minimum absolute atomic E-state index is 0.261. The minimum Gasteiger partial charge on any atom is -0.326 e. The van der Waals surface area contributed by atoms with Crippen LogP contribution in [0.15, 0.2) is 28.7 Å². The van der Waals surface area contributed by atoms with Gasteiger partial charge in [0.2, 0.25) is 0 Å². The third-order valence-electron chi connectivity index (χ3n) is 2.21. The Kier molecular flexibility index (Phi) is 2.73. The molecule has 1 unspecified atom stereocenters. The molecule has 1 heterocycles. The van der Waals surface area contributed by atoms with E-state index in [-0.39, 0.29) is 5.91 Å². The largest absolute Gasteiger partial charge is 0.326 e. The van der Waals surface area contributed by atoms with E-state index in [2.05, 4.69) is 26.6 Å². The number of rotatable bonds is 2. The number of carbonyl (C=O) groups excluding carboxylic acids is 2. The van der Waals surface area contributed by atoms with Crippen LogP contribution in [-0.2, 0) is 11.2 Å². The molecule has 0 spiro atoms. The predicted octanol–water partition coefficient (Wildman–Crippen LogP) is 1.20. The molecule has 1 aliphatic heterocycles. The highest BCUT2D eigenvalue weighted by molar-refractivity contribution is 9.10. The van der Waals surface area contributed by atoms with Gasteiger partial charge < -0.3 is 5.32 Å². The van der Waals surface area contributed by atoms with Crippen molar-refractivity contribution in [3.05, 3.63) is 34.3 Å². The molecule has 1 aliphatic rings. The van der Waals surface area contributed by atoms with Gasteiger partial charge in [0.25, 0.3) is 5.91 Å². The first-order valence-corrected chi connectivity index (χ1v) is 5.30. The van der Waals surface area contributed by atoms with Crippen LogP contribution in [0.3, 0.4) is 0 Å². The molecule has 1 atom stereocenters. The maximum atomic E-state index is 11.3. The van der Waals surface area contributed by atoms with Crippen molar-refractivity contribution in [3.63, 3.8) is 0 Å². The van der Waals surface area contributed by atoms with Crippen molar-refractivity contribution in [2.75, 3.05) is 0 Å².